The van der Waals surface area contributed by atoms with Gasteiger partial charge in [0.2, 0.25) is 5.88 Å². The molecular formula is C23H16F4N6O3. The van der Waals surface area contributed by atoms with Crippen molar-refractivity contribution < 1.29 is 32.2 Å². The molecule has 0 unspecified atom stereocenters. The predicted octanol–water partition coefficient (Wildman–Crippen LogP) is 4.69. The summed E-state index contributed by atoms with van der Waals surface area (Å²) in [4.78, 5) is 27.6. The number of ether oxygens (including phenoxy) is 1. The standard InChI is InChI=1S/C23H16F4N6O3/c24-15-3-1-10(5-13(15)23(25,26)27)32-21(35)33-22-7-14(22)17(22)12-6-11(2-4-16(12)34)36-20-18-19(29-8-28-18)30-9-31-20/h1-6,8-9,14,17,34H,7H2,(H2,32,33,35)(H,28,29,30,31)/t14-,17+,22-/m0/s1. The molecule has 2 aliphatic rings. The first kappa shape index (κ1) is 22.1. The van der Waals surface area contributed by atoms with Gasteiger partial charge in [0, 0.05) is 17.2 Å². The number of aromatic hydroxyl groups is 1. The first-order valence-electron chi connectivity index (χ1n) is 10.8. The van der Waals surface area contributed by atoms with Crippen LogP contribution in [-0.4, -0.2) is 36.6 Å². The maximum absolute atomic E-state index is 13.5. The molecule has 2 fully saturated rings. The van der Waals surface area contributed by atoms with Crippen molar-refractivity contribution in [3.8, 4) is 17.4 Å². The molecular weight excluding hydrogens is 484 g/mol. The fraction of sp³-hybridized carbons (Fsp3) is 0.217. The van der Waals surface area contributed by atoms with E-state index in [0.717, 1.165) is 6.07 Å². The zero-order valence-electron chi connectivity index (χ0n) is 18.1. The number of halogens is 4. The Hall–Kier alpha value is -4.42. The minimum absolute atomic E-state index is 0.0175. The number of phenols is 1. The highest BCUT2D eigenvalue weighted by Crippen LogP contribution is 2.77. The van der Waals surface area contributed by atoms with Gasteiger partial charge < -0.3 is 25.5 Å². The number of carbonyl (C=O) groups is 1. The zero-order chi connectivity index (χ0) is 25.2. The highest BCUT2D eigenvalue weighted by atomic mass is 19.4. The molecule has 2 aromatic carbocycles. The molecule has 0 saturated heterocycles. The first-order valence-corrected chi connectivity index (χ1v) is 10.8. The number of phenolic OH excluding ortho intramolecular Hbond substituents is 1. The Bertz CT molecular complexity index is 1520. The van der Waals surface area contributed by atoms with Crippen molar-refractivity contribution in [2.45, 2.75) is 24.1 Å². The highest BCUT2D eigenvalue weighted by Gasteiger charge is 2.80. The number of rotatable bonds is 5. The van der Waals surface area contributed by atoms with E-state index >= 15 is 0 Å². The summed E-state index contributed by atoms with van der Waals surface area (Å²) in [5, 5.41) is 15.5. The predicted molar refractivity (Wildman–Crippen MR) is 117 cm³/mol. The molecule has 4 N–H and O–H groups in total. The summed E-state index contributed by atoms with van der Waals surface area (Å²) in [6.45, 7) is 0. The number of urea groups is 1. The molecule has 2 amide bonds. The summed E-state index contributed by atoms with van der Waals surface area (Å²) >= 11 is 0. The average molecular weight is 500 g/mol. The van der Waals surface area contributed by atoms with Crippen molar-refractivity contribution in [2.75, 3.05) is 5.32 Å². The van der Waals surface area contributed by atoms with E-state index < -0.39 is 29.1 Å². The second kappa shape index (κ2) is 7.54. The van der Waals surface area contributed by atoms with E-state index in [1.54, 1.807) is 12.1 Å². The Kier molecular flexibility index (Phi) is 4.62. The molecule has 9 nitrogen and oxygen atoms in total. The summed E-state index contributed by atoms with van der Waals surface area (Å²) in [5.74, 6) is -0.910. The molecule has 36 heavy (non-hydrogen) atoms. The molecule has 0 aliphatic heterocycles. The van der Waals surface area contributed by atoms with Crippen LogP contribution in [0.5, 0.6) is 17.4 Å². The van der Waals surface area contributed by atoms with Gasteiger partial charge in [0.15, 0.2) is 5.65 Å². The third kappa shape index (κ3) is 3.63. The molecule has 4 aromatic rings. The number of H-pyrrole nitrogens is 1. The zero-order valence-corrected chi connectivity index (χ0v) is 18.1. The molecule has 2 heterocycles. The lowest BCUT2D eigenvalue weighted by Crippen LogP contribution is -2.36. The van der Waals surface area contributed by atoms with Crippen LogP contribution in [0.2, 0.25) is 0 Å². The van der Waals surface area contributed by atoms with Crippen LogP contribution in [0, 0.1) is 11.7 Å². The van der Waals surface area contributed by atoms with Gasteiger partial charge in [-0.2, -0.15) is 18.2 Å². The monoisotopic (exact) mass is 500 g/mol. The maximum Gasteiger partial charge on any atom is 0.419 e. The lowest BCUT2D eigenvalue weighted by Gasteiger charge is -2.17. The quantitative estimate of drug-likeness (QED) is 0.295. The Morgan fingerprint density at radius 1 is 1.17 bits per heavy atom. The van der Waals surface area contributed by atoms with Crippen molar-refractivity contribution in [3.05, 3.63) is 66.0 Å². The summed E-state index contributed by atoms with van der Waals surface area (Å²) in [6.07, 6.45) is -1.47. The van der Waals surface area contributed by atoms with E-state index in [1.165, 1.54) is 18.7 Å². The van der Waals surface area contributed by atoms with Crippen molar-refractivity contribution in [3.63, 3.8) is 0 Å². The number of amides is 2. The van der Waals surface area contributed by atoms with Crippen LogP contribution in [-0.2, 0) is 6.18 Å². The Morgan fingerprint density at radius 3 is 2.78 bits per heavy atom. The molecule has 0 spiro atoms. The summed E-state index contributed by atoms with van der Waals surface area (Å²) in [5.41, 5.74) is -0.797. The number of nitrogens with zero attached hydrogens (tertiary/aromatic N) is 3. The van der Waals surface area contributed by atoms with Gasteiger partial charge in [-0.3, -0.25) is 0 Å². The first-order chi connectivity index (χ1) is 17.2. The number of fused-ring (bicyclic) bond motifs is 2. The fourth-order valence-electron chi connectivity index (χ4n) is 4.59. The number of anilines is 1. The van der Waals surface area contributed by atoms with E-state index in [9.17, 15) is 27.5 Å². The van der Waals surface area contributed by atoms with Crippen LogP contribution in [0.4, 0.5) is 28.0 Å². The highest BCUT2D eigenvalue weighted by molar-refractivity contribution is 5.91. The van der Waals surface area contributed by atoms with E-state index in [4.69, 9.17) is 4.74 Å². The smallest absolute Gasteiger partial charge is 0.419 e. The molecule has 2 saturated carbocycles. The number of aromatic nitrogens is 4. The topological polar surface area (TPSA) is 125 Å². The summed E-state index contributed by atoms with van der Waals surface area (Å²) in [6, 6.07) is 6.19. The van der Waals surface area contributed by atoms with E-state index in [0.29, 0.717) is 41.0 Å². The molecule has 3 atom stereocenters. The van der Waals surface area contributed by atoms with Crippen molar-refractivity contribution in [1.82, 2.24) is 25.3 Å². The average Bonchev–Trinajstić information content (AvgIpc) is 3.57. The maximum atomic E-state index is 13.5. The number of aromatic amines is 1. The van der Waals surface area contributed by atoms with E-state index in [1.807, 2.05) is 0 Å². The minimum Gasteiger partial charge on any atom is -0.508 e. The van der Waals surface area contributed by atoms with E-state index in [2.05, 4.69) is 30.6 Å². The number of carbonyl (C=O) groups excluding carboxylic acids is 1. The second-order valence-electron chi connectivity index (χ2n) is 8.70. The van der Waals surface area contributed by atoms with Gasteiger partial charge in [-0.15, -0.1) is 0 Å². The van der Waals surface area contributed by atoms with Gasteiger partial charge in [0.05, 0.1) is 17.4 Å². The van der Waals surface area contributed by atoms with E-state index in [-0.39, 0.29) is 29.2 Å². The van der Waals surface area contributed by atoms with Gasteiger partial charge >= 0.3 is 12.2 Å². The largest absolute Gasteiger partial charge is 0.508 e. The van der Waals surface area contributed by atoms with Crippen LogP contribution in [0.3, 0.4) is 0 Å². The Balaban J connectivity index is 1.17. The van der Waals surface area contributed by atoms with Gasteiger partial charge in [0.1, 0.15) is 29.2 Å². The lowest BCUT2D eigenvalue weighted by atomic mass is 9.99. The van der Waals surface area contributed by atoms with Gasteiger partial charge in [-0.05, 0) is 48.7 Å². The Morgan fingerprint density at radius 2 is 2.00 bits per heavy atom. The molecule has 6 rings (SSSR count). The molecule has 13 heteroatoms. The minimum atomic E-state index is -4.89. The van der Waals surface area contributed by atoms with Crippen LogP contribution in [0.1, 0.15) is 23.5 Å². The van der Waals surface area contributed by atoms with Crippen LogP contribution in [0.25, 0.3) is 11.2 Å². The van der Waals surface area contributed by atoms with Crippen LogP contribution in [0.15, 0.2) is 49.1 Å². The third-order valence-electron chi connectivity index (χ3n) is 6.52. The molecule has 184 valence electrons. The number of nitrogens with one attached hydrogen (secondary N) is 3. The molecule has 0 bridgehead atoms. The van der Waals surface area contributed by atoms with Crippen molar-refractivity contribution in [2.24, 2.45) is 5.92 Å². The van der Waals surface area contributed by atoms with Crippen LogP contribution < -0.4 is 15.4 Å². The SMILES string of the molecule is O=C(Nc1ccc(F)c(C(F)(F)F)c1)N[C@@]12C[C@H]1[C@H]2c1cc(Oc2ncnc3nc[nH]c23)ccc1O. The number of imidazole rings is 1. The number of hydrogen-bond acceptors (Lipinski definition) is 6. The van der Waals surface area contributed by atoms with Crippen LogP contribution >= 0.6 is 0 Å². The number of alkyl halides is 3. The summed E-state index contributed by atoms with van der Waals surface area (Å²) < 4.78 is 58.2. The van der Waals surface area contributed by atoms with Gasteiger partial charge in [0.25, 0.3) is 0 Å². The van der Waals surface area contributed by atoms with Crippen molar-refractivity contribution in [1.29, 1.82) is 0 Å². The third-order valence-corrected chi connectivity index (χ3v) is 6.52. The molecule has 0 radical (unpaired) electrons. The molecule has 2 aromatic heterocycles. The van der Waals surface area contributed by atoms with Gasteiger partial charge in [-0.1, -0.05) is 0 Å². The number of hydrogen-bond donors (Lipinski definition) is 4. The summed E-state index contributed by atoms with van der Waals surface area (Å²) in [7, 11) is 0. The number of benzene rings is 2. The van der Waals surface area contributed by atoms with Crippen molar-refractivity contribution >= 4 is 22.9 Å². The van der Waals surface area contributed by atoms with Gasteiger partial charge in [-0.25, -0.2) is 19.2 Å². The molecule has 2 aliphatic carbocycles. The normalized spacial score (nSPS) is 22.1. The Labute approximate surface area is 199 Å². The lowest BCUT2D eigenvalue weighted by molar-refractivity contribution is -0.139. The second-order valence-corrected chi connectivity index (χ2v) is 8.70. The fourth-order valence-corrected chi connectivity index (χ4v) is 4.59.